The van der Waals surface area contributed by atoms with Crippen molar-refractivity contribution in [1.29, 1.82) is 0 Å². The van der Waals surface area contributed by atoms with Crippen LogP contribution in [-0.4, -0.2) is 21.5 Å². The normalized spacial score (nSPS) is 19.0. The Balaban J connectivity index is 1.88. The molecule has 0 amide bonds. The second kappa shape index (κ2) is 6.88. The molecule has 1 heterocycles. The first-order chi connectivity index (χ1) is 8.81. The summed E-state index contributed by atoms with van der Waals surface area (Å²) >= 11 is 0. The molecule has 18 heavy (non-hydrogen) atoms. The van der Waals surface area contributed by atoms with Crippen LogP contribution >= 0.6 is 0 Å². The predicted molar refractivity (Wildman–Crippen MR) is 73.2 cm³/mol. The first-order valence-corrected chi connectivity index (χ1v) is 7.39. The Hall–Kier alpha value is -0.900. The highest BCUT2D eigenvalue weighted by molar-refractivity contribution is 5.01. The molecule has 1 saturated carbocycles. The SMILES string of the molecule is CCNC(CCC1CCCCC1)c1cnnn1C. The third-order valence-corrected chi connectivity index (χ3v) is 4.15. The van der Waals surface area contributed by atoms with Gasteiger partial charge in [-0.25, -0.2) is 0 Å². The minimum Gasteiger partial charge on any atom is -0.309 e. The van der Waals surface area contributed by atoms with Crippen LogP contribution in [0.5, 0.6) is 0 Å². The minimum absolute atomic E-state index is 0.414. The highest BCUT2D eigenvalue weighted by Gasteiger charge is 2.18. The van der Waals surface area contributed by atoms with Gasteiger partial charge in [-0.2, -0.15) is 0 Å². The van der Waals surface area contributed by atoms with E-state index < -0.39 is 0 Å². The number of nitrogens with one attached hydrogen (secondary N) is 1. The highest BCUT2D eigenvalue weighted by atomic mass is 15.4. The van der Waals surface area contributed by atoms with E-state index in [2.05, 4.69) is 22.6 Å². The topological polar surface area (TPSA) is 42.7 Å². The molecule has 0 spiro atoms. The first kappa shape index (κ1) is 13.5. The van der Waals surface area contributed by atoms with Gasteiger partial charge in [0.1, 0.15) is 0 Å². The largest absolute Gasteiger partial charge is 0.309 e. The van der Waals surface area contributed by atoms with Gasteiger partial charge in [0.15, 0.2) is 0 Å². The van der Waals surface area contributed by atoms with Crippen molar-refractivity contribution in [3.8, 4) is 0 Å². The Morgan fingerprint density at radius 1 is 1.39 bits per heavy atom. The van der Waals surface area contributed by atoms with Gasteiger partial charge in [-0.3, -0.25) is 4.68 Å². The van der Waals surface area contributed by atoms with Gasteiger partial charge in [-0.15, -0.1) is 5.10 Å². The smallest absolute Gasteiger partial charge is 0.0753 e. The van der Waals surface area contributed by atoms with E-state index in [9.17, 15) is 0 Å². The van der Waals surface area contributed by atoms with Gasteiger partial charge in [0.25, 0.3) is 0 Å². The summed E-state index contributed by atoms with van der Waals surface area (Å²) in [5, 5.41) is 11.6. The molecule has 1 aromatic rings. The zero-order valence-electron chi connectivity index (χ0n) is 11.7. The summed E-state index contributed by atoms with van der Waals surface area (Å²) in [4.78, 5) is 0. The molecule has 102 valence electrons. The third-order valence-electron chi connectivity index (χ3n) is 4.15. The number of aromatic nitrogens is 3. The average molecular weight is 250 g/mol. The van der Waals surface area contributed by atoms with E-state index in [-0.39, 0.29) is 0 Å². The van der Waals surface area contributed by atoms with Crippen molar-refractivity contribution in [3.63, 3.8) is 0 Å². The molecule has 0 aliphatic heterocycles. The van der Waals surface area contributed by atoms with Gasteiger partial charge in [0.2, 0.25) is 0 Å². The van der Waals surface area contributed by atoms with Crippen molar-refractivity contribution < 1.29 is 0 Å². The molecule has 0 saturated heterocycles. The second-order valence-corrected chi connectivity index (χ2v) is 5.47. The average Bonchev–Trinajstić information content (AvgIpc) is 2.82. The van der Waals surface area contributed by atoms with E-state index in [4.69, 9.17) is 0 Å². The lowest BCUT2D eigenvalue weighted by atomic mass is 9.85. The van der Waals surface area contributed by atoms with E-state index in [1.54, 1.807) is 0 Å². The maximum absolute atomic E-state index is 4.04. The van der Waals surface area contributed by atoms with Crippen LogP contribution in [0.3, 0.4) is 0 Å². The summed E-state index contributed by atoms with van der Waals surface area (Å²) in [7, 11) is 1.98. The van der Waals surface area contributed by atoms with E-state index in [1.165, 1.54) is 50.6 Å². The molecule has 1 unspecified atom stereocenters. The fourth-order valence-electron chi connectivity index (χ4n) is 3.09. The van der Waals surface area contributed by atoms with E-state index in [1.807, 2.05) is 17.9 Å². The maximum Gasteiger partial charge on any atom is 0.0753 e. The zero-order valence-corrected chi connectivity index (χ0v) is 11.7. The van der Waals surface area contributed by atoms with Crippen LogP contribution in [0, 0.1) is 5.92 Å². The molecular formula is C14H26N4. The number of aryl methyl sites for hydroxylation is 1. The first-order valence-electron chi connectivity index (χ1n) is 7.39. The minimum atomic E-state index is 0.414. The molecule has 4 nitrogen and oxygen atoms in total. The zero-order chi connectivity index (χ0) is 12.8. The second-order valence-electron chi connectivity index (χ2n) is 5.47. The van der Waals surface area contributed by atoms with Crippen molar-refractivity contribution in [3.05, 3.63) is 11.9 Å². The lowest BCUT2D eigenvalue weighted by Crippen LogP contribution is -2.24. The van der Waals surface area contributed by atoms with E-state index in [0.29, 0.717) is 6.04 Å². The van der Waals surface area contributed by atoms with Gasteiger partial charge in [0, 0.05) is 7.05 Å². The quantitative estimate of drug-likeness (QED) is 0.844. The van der Waals surface area contributed by atoms with Gasteiger partial charge >= 0.3 is 0 Å². The van der Waals surface area contributed by atoms with Crippen LogP contribution in [0.2, 0.25) is 0 Å². The predicted octanol–water partition coefficient (Wildman–Crippen LogP) is 2.83. The fourth-order valence-corrected chi connectivity index (χ4v) is 3.09. The van der Waals surface area contributed by atoms with Gasteiger partial charge < -0.3 is 5.32 Å². The summed E-state index contributed by atoms with van der Waals surface area (Å²) in [5.41, 5.74) is 1.22. The van der Waals surface area contributed by atoms with Crippen molar-refractivity contribution in [1.82, 2.24) is 20.3 Å². The van der Waals surface area contributed by atoms with Crippen LogP contribution < -0.4 is 5.32 Å². The summed E-state index contributed by atoms with van der Waals surface area (Å²) in [5.74, 6) is 0.945. The standard InChI is InChI=1S/C14H26N4/c1-3-15-13(14-11-16-17-18(14)2)10-9-12-7-5-4-6-8-12/h11-13,15H,3-10H2,1-2H3. The molecule has 0 bridgehead atoms. The van der Waals surface area contributed by atoms with E-state index >= 15 is 0 Å². The van der Waals surface area contributed by atoms with Crippen LogP contribution in [0.1, 0.15) is 63.6 Å². The van der Waals surface area contributed by atoms with Crippen LogP contribution in [0.25, 0.3) is 0 Å². The number of rotatable bonds is 6. The molecule has 4 heteroatoms. The molecule has 1 atom stereocenters. The van der Waals surface area contributed by atoms with E-state index in [0.717, 1.165) is 12.5 Å². The van der Waals surface area contributed by atoms with Crippen molar-refractivity contribution in [2.45, 2.75) is 57.9 Å². The van der Waals surface area contributed by atoms with Crippen LogP contribution in [0.15, 0.2) is 6.20 Å². The molecule has 2 rings (SSSR count). The molecule has 1 aliphatic carbocycles. The summed E-state index contributed by atoms with van der Waals surface area (Å²) < 4.78 is 1.90. The molecule has 0 aromatic carbocycles. The van der Waals surface area contributed by atoms with Gasteiger partial charge in [-0.05, 0) is 25.3 Å². The lowest BCUT2D eigenvalue weighted by molar-refractivity contribution is 0.312. The fraction of sp³-hybridized carbons (Fsp3) is 0.857. The molecule has 1 N–H and O–H groups in total. The summed E-state index contributed by atoms with van der Waals surface area (Å²) in [6, 6.07) is 0.414. The van der Waals surface area contributed by atoms with Gasteiger partial charge in [-0.1, -0.05) is 44.2 Å². The van der Waals surface area contributed by atoms with Crippen LogP contribution in [0.4, 0.5) is 0 Å². The number of nitrogens with zero attached hydrogens (tertiary/aromatic N) is 3. The third kappa shape index (κ3) is 3.55. The Morgan fingerprint density at radius 2 is 2.17 bits per heavy atom. The summed E-state index contributed by atoms with van der Waals surface area (Å²) in [6.45, 7) is 3.16. The Kier molecular flexibility index (Phi) is 5.17. The maximum atomic E-state index is 4.04. The Bertz CT molecular complexity index is 341. The van der Waals surface area contributed by atoms with Gasteiger partial charge in [0.05, 0.1) is 17.9 Å². The van der Waals surface area contributed by atoms with Crippen LogP contribution in [-0.2, 0) is 7.05 Å². The summed E-state index contributed by atoms with van der Waals surface area (Å²) in [6.07, 6.45) is 11.6. The monoisotopic (exact) mass is 250 g/mol. The molecule has 0 radical (unpaired) electrons. The Labute approximate surface area is 110 Å². The molecule has 1 fully saturated rings. The highest BCUT2D eigenvalue weighted by Crippen LogP contribution is 2.30. The lowest BCUT2D eigenvalue weighted by Gasteiger charge is -2.24. The van der Waals surface area contributed by atoms with Crippen molar-refractivity contribution in [2.75, 3.05) is 6.54 Å². The molecular weight excluding hydrogens is 224 g/mol. The Morgan fingerprint density at radius 3 is 2.78 bits per heavy atom. The molecule has 1 aromatic heterocycles. The number of hydrogen-bond donors (Lipinski definition) is 1. The van der Waals surface area contributed by atoms with Crippen molar-refractivity contribution in [2.24, 2.45) is 13.0 Å². The molecule has 1 aliphatic rings. The van der Waals surface area contributed by atoms with Crippen molar-refractivity contribution >= 4 is 0 Å². The number of hydrogen-bond acceptors (Lipinski definition) is 3.